The van der Waals surface area contributed by atoms with Gasteiger partial charge in [0.05, 0.1) is 0 Å². The number of carbonyl (C=O) groups is 1. The first-order valence-electron chi connectivity index (χ1n) is 9.45. The van der Waals surface area contributed by atoms with Crippen LogP contribution in [0.5, 0.6) is 0 Å². The lowest BCUT2D eigenvalue weighted by atomic mass is 9.77. The highest BCUT2D eigenvalue weighted by molar-refractivity contribution is 6.00. The van der Waals surface area contributed by atoms with Gasteiger partial charge in [0.15, 0.2) is 5.78 Å². The smallest absolute Gasteiger partial charge is 0.226 e. The molecule has 146 valence electrons. The normalized spacial score (nSPS) is 20.9. The second kappa shape index (κ2) is 6.62. The highest BCUT2D eigenvalue weighted by Crippen LogP contribution is 2.44. The number of carbonyl (C=O) groups excluding carboxylic acids is 1. The van der Waals surface area contributed by atoms with Crippen LogP contribution in [0.25, 0.3) is 0 Å². The van der Waals surface area contributed by atoms with Crippen LogP contribution in [0, 0.1) is 18.6 Å². The number of halogens is 2. The van der Waals surface area contributed by atoms with E-state index in [1.165, 1.54) is 23.1 Å². The number of benzene rings is 2. The summed E-state index contributed by atoms with van der Waals surface area (Å²) in [6, 6.07) is 10.7. The monoisotopic (exact) mass is 392 g/mol. The van der Waals surface area contributed by atoms with Gasteiger partial charge in [-0.15, -0.1) is 0 Å². The van der Waals surface area contributed by atoms with Crippen LogP contribution in [0.4, 0.5) is 14.7 Å². The number of fused-ring (bicyclic) bond motifs is 1. The first-order valence-corrected chi connectivity index (χ1v) is 9.45. The summed E-state index contributed by atoms with van der Waals surface area (Å²) in [5.41, 5.74) is 3.82. The van der Waals surface area contributed by atoms with Crippen molar-refractivity contribution in [3.05, 3.63) is 88.4 Å². The van der Waals surface area contributed by atoms with Gasteiger partial charge in [-0.05, 0) is 42.5 Å². The Kier molecular flexibility index (Phi) is 4.04. The molecule has 0 unspecified atom stereocenters. The van der Waals surface area contributed by atoms with E-state index in [2.05, 4.69) is 21.5 Å². The molecule has 3 aromatic rings. The quantitative estimate of drug-likeness (QED) is 0.707. The Labute approximate surface area is 166 Å². The number of nitrogens with zero attached hydrogens (tertiary/aromatic N) is 3. The maximum atomic E-state index is 13.9. The molecule has 0 saturated carbocycles. The fourth-order valence-corrected chi connectivity index (χ4v) is 4.35. The number of Topliss-reactive ketones (excluding diaryl/α,β-unsaturated/α-hetero) is 1. The number of anilines is 1. The molecular weight excluding hydrogens is 374 g/mol. The number of aryl methyl sites for hydroxylation is 1. The fraction of sp³-hybridized carbons (Fsp3) is 0.227. The summed E-state index contributed by atoms with van der Waals surface area (Å²) in [6.45, 7) is 2.02. The predicted octanol–water partition coefficient (Wildman–Crippen LogP) is 4.28. The molecule has 1 aromatic heterocycles. The van der Waals surface area contributed by atoms with E-state index in [9.17, 15) is 13.6 Å². The molecule has 7 heteroatoms. The molecule has 2 heterocycles. The minimum absolute atomic E-state index is 0.0352. The lowest BCUT2D eigenvalue weighted by Crippen LogP contribution is -2.33. The van der Waals surface area contributed by atoms with E-state index >= 15 is 0 Å². The Morgan fingerprint density at radius 2 is 1.86 bits per heavy atom. The van der Waals surface area contributed by atoms with Crippen molar-refractivity contribution in [2.24, 2.45) is 0 Å². The van der Waals surface area contributed by atoms with E-state index in [0.29, 0.717) is 29.9 Å². The van der Waals surface area contributed by atoms with E-state index < -0.39 is 17.7 Å². The van der Waals surface area contributed by atoms with Crippen LogP contribution in [0.3, 0.4) is 0 Å². The molecule has 1 aliphatic carbocycles. The van der Waals surface area contributed by atoms with Crippen molar-refractivity contribution in [3.63, 3.8) is 0 Å². The zero-order valence-corrected chi connectivity index (χ0v) is 15.7. The molecule has 1 aliphatic heterocycles. The molecule has 0 radical (unpaired) electrons. The molecular formula is C22H18F2N4O. The lowest BCUT2D eigenvalue weighted by molar-refractivity contribution is -0.116. The van der Waals surface area contributed by atoms with Crippen molar-refractivity contribution in [1.29, 1.82) is 0 Å². The molecule has 1 N–H and O–H groups in total. The molecule has 5 nitrogen and oxygen atoms in total. The van der Waals surface area contributed by atoms with Crippen molar-refractivity contribution in [1.82, 2.24) is 14.8 Å². The van der Waals surface area contributed by atoms with Crippen LogP contribution in [-0.4, -0.2) is 20.5 Å². The summed E-state index contributed by atoms with van der Waals surface area (Å²) < 4.78 is 29.4. The molecule has 5 rings (SSSR count). The first-order chi connectivity index (χ1) is 14.0. The fourth-order valence-electron chi connectivity index (χ4n) is 4.35. The number of hydrogen-bond acceptors (Lipinski definition) is 4. The Bertz CT molecular complexity index is 1150. The molecule has 0 spiro atoms. The van der Waals surface area contributed by atoms with Crippen molar-refractivity contribution >= 4 is 11.7 Å². The summed E-state index contributed by atoms with van der Waals surface area (Å²) in [5, 5.41) is 7.41. The molecule has 0 saturated heterocycles. The third-order valence-corrected chi connectivity index (χ3v) is 5.58. The maximum Gasteiger partial charge on any atom is 0.226 e. The first kappa shape index (κ1) is 17.7. The molecule has 29 heavy (non-hydrogen) atoms. The van der Waals surface area contributed by atoms with E-state index in [4.69, 9.17) is 0 Å². The van der Waals surface area contributed by atoms with Gasteiger partial charge in [-0.2, -0.15) is 10.1 Å². The maximum absolute atomic E-state index is 13.9. The van der Waals surface area contributed by atoms with E-state index in [-0.39, 0.29) is 11.7 Å². The van der Waals surface area contributed by atoms with E-state index in [1.54, 1.807) is 0 Å². The zero-order valence-electron chi connectivity index (χ0n) is 15.7. The van der Waals surface area contributed by atoms with Gasteiger partial charge in [0.1, 0.15) is 24.0 Å². The number of aromatic nitrogens is 3. The summed E-state index contributed by atoms with van der Waals surface area (Å²) in [5.74, 6) is -0.948. The molecule has 2 aliphatic rings. The summed E-state index contributed by atoms with van der Waals surface area (Å²) >= 11 is 0. The van der Waals surface area contributed by atoms with Gasteiger partial charge in [0, 0.05) is 23.8 Å². The molecule has 2 atom stereocenters. The predicted molar refractivity (Wildman–Crippen MR) is 103 cm³/mol. The summed E-state index contributed by atoms with van der Waals surface area (Å²) in [4.78, 5) is 17.4. The van der Waals surface area contributed by atoms with Gasteiger partial charge >= 0.3 is 0 Å². The van der Waals surface area contributed by atoms with Crippen molar-refractivity contribution in [3.8, 4) is 0 Å². The van der Waals surface area contributed by atoms with Gasteiger partial charge < -0.3 is 5.32 Å². The standard InChI is InChI=1S/C22H18F2N4O/c1-12-3-2-4-13(5-12)14-8-18-20(19(29)9-14)21(28-22(27-18)25-11-26-28)15-6-16(23)10-17(24)7-15/h2-7,10-11,14,21H,8-9H2,1H3,(H,25,26,27)/t14-,21+/m0/s1. The SMILES string of the molecule is Cc1cccc([C@@H]2CC(=O)C3=C(C2)Nc2ncnn2[C@@H]3c2cc(F)cc(F)c2)c1. The van der Waals surface area contributed by atoms with Crippen molar-refractivity contribution < 1.29 is 13.6 Å². The minimum atomic E-state index is -0.708. The lowest BCUT2D eigenvalue weighted by Gasteiger charge is -2.35. The van der Waals surface area contributed by atoms with Crippen LogP contribution < -0.4 is 5.32 Å². The van der Waals surface area contributed by atoms with Gasteiger partial charge in [0.2, 0.25) is 5.95 Å². The average Bonchev–Trinajstić information content (AvgIpc) is 3.13. The number of nitrogens with one attached hydrogen (secondary N) is 1. The number of ketones is 1. The molecule has 2 aromatic carbocycles. The van der Waals surface area contributed by atoms with Crippen LogP contribution in [0.15, 0.2) is 60.1 Å². The third kappa shape index (κ3) is 3.03. The summed E-state index contributed by atoms with van der Waals surface area (Å²) in [6.07, 6.45) is 2.32. The Morgan fingerprint density at radius 1 is 1.07 bits per heavy atom. The Balaban J connectivity index is 1.62. The number of allylic oxidation sites excluding steroid dienone is 2. The van der Waals surface area contributed by atoms with Crippen LogP contribution in [0.1, 0.15) is 41.5 Å². The van der Waals surface area contributed by atoms with Crippen molar-refractivity contribution in [2.75, 3.05) is 5.32 Å². The van der Waals surface area contributed by atoms with Crippen LogP contribution in [0.2, 0.25) is 0 Å². The van der Waals surface area contributed by atoms with Gasteiger partial charge in [-0.25, -0.2) is 13.5 Å². The third-order valence-electron chi connectivity index (χ3n) is 5.58. The van der Waals surface area contributed by atoms with Gasteiger partial charge in [-0.3, -0.25) is 4.79 Å². The van der Waals surface area contributed by atoms with Crippen LogP contribution >= 0.6 is 0 Å². The summed E-state index contributed by atoms with van der Waals surface area (Å²) in [7, 11) is 0. The van der Waals surface area contributed by atoms with Crippen molar-refractivity contribution in [2.45, 2.75) is 31.7 Å². The molecule has 0 bridgehead atoms. The minimum Gasteiger partial charge on any atom is -0.328 e. The number of rotatable bonds is 2. The molecule has 0 amide bonds. The average molecular weight is 392 g/mol. The number of hydrogen-bond donors (Lipinski definition) is 1. The second-order valence-corrected chi connectivity index (χ2v) is 7.59. The largest absolute Gasteiger partial charge is 0.328 e. The van der Waals surface area contributed by atoms with Gasteiger partial charge in [-0.1, -0.05) is 29.8 Å². The zero-order chi connectivity index (χ0) is 20.1. The Morgan fingerprint density at radius 3 is 2.62 bits per heavy atom. The van der Waals surface area contributed by atoms with E-state index in [0.717, 1.165) is 22.9 Å². The topological polar surface area (TPSA) is 59.8 Å². The van der Waals surface area contributed by atoms with Gasteiger partial charge in [0.25, 0.3) is 0 Å². The molecule has 0 fully saturated rings. The highest BCUT2D eigenvalue weighted by Gasteiger charge is 2.39. The van der Waals surface area contributed by atoms with Crippen LogP contribution in [-0.2, 0) is 4.79 Å². The Hall–Kier alpha value is -3.35. The second-order valence-electron chi connectivity index (χ2n) is 7.59. The highest BCUT2D eigenvalue weighted by atomic mass is 19.1. The van der Waals surface area contributed by atoms with E-state index in [1.807, 2.05) is 25.1 Å².